The molecule has 1 rings (SSSR count). The highest BCUT2D eigenvalue weighted by Gasteiger charge is 2.15. The van der Waals surface area contributed by atoms with Gasteiger partial charge in [-0.2, -0.15) is 0 Å². The number of carbonyl (C=O) groups is 1. The van der Waals surface area contributed by atoms with Gasteiger partial charge in [0.2, 0.25) is 11.5 Å². The maximum atomic E-state index is 11.2. The number of amides is 1. The molecule has 7 nitrogen and oxygen atoms in total. The van der Waals surface area contributed by atoms with Crippen LogP contribution in [0, 0.1) is 0 Å². The normalized spacial score (nSPS) is 12.5. The lowest BCUT2D eigenvalue weighted by Gasteiger charge is -2.04. The number of nitrogens with one attached hydrogen (secondary N) is 1. The van der Waals surface area contributed by atoms with Gasteiger partial charge in [0.15, 0.2) is 0 Å². The number of nitrogens with two attached hydrogens (primary N) is 1. The Labute approximate surface area is 73.9 Å². The summed E-state index contributed by atoms with van der Waals surface area (Å²) in [6, 6.07) is 0. The van der Waals surface area contributed by atoms with E-state index in [-0.39, 0.29) is 18.1 Å². The van der Waals surface area contributed by atoms with Crippen LogP contribution in [0.15, 0.2) is 4.63 Å². The number of hydrogen-bond donors (Lipinski definition) is 3. The van der Waals surface area contributed by atoms with E-state index in [1.165, 1.54) is 0 Å². The third kappa shape index (κ3) is 2.41. The second kappa shape index (κ2) is 3.85. The van der Waals surface area contributed by atoms with Gasteiger partial charge in [0.1, 0.15) is 0 Å². The maximum Gasteiger partial charge on any atom is 0.277 e. The molecular weight excluding hydrogens is 176 g/mol. The van der Waals surface area contributed by atoms with Crippen LogP contribution < -0.4 is 11.1 Å². The van der Waals surface area contributed by atoms with Gasteiger partial charge in [-0.05, 0) is 17.2 Å². The van der Waals surface area contributed by atoms with Gasteiger partial charge in [0.25, 0.3) is 5.91 Å². The highest BCUT2D eigenvalue weighted by atomic mass is 16.6. The molecule has 0 bridgehead atoms. The molecule has 0 aliphatic rings. The molecule has 1 atom stereocenters. The molecule has 0 radical (unpaired) electrons. The van der Waals surface area contributed by atoms with Crippen molar-refractivity contribution < 1.29 is 14.5 Å². The first kappa shape index (κ1) is 9.46. The first-order valence-electron chi connectivity index (χ1n) is 3.65. The van der Waals surface area contributed by atoms with Crippen molar-refractivity contribution in [3.63, 3.8) is 0 Å². The number of aliphatic hydroxyl groups excluding tert-OH is 1. The molecule has 1 amide bonds. The molecule has 0 aromatic carbocycles. The van der Waals surface area contributed by atoms with Gasteiger partial charge >= 0.3 is 0 Å². The summed E-state index contributed by atoms with van der Waals surface area (Å²) >= 11 is 0. The average molecular weight is 186 g/mol. The van der Waals surface area contributed by atoms with Crippen LogP contribution in [0.4, 0.5) is 5.82 Å². The maximum absolute atomic E-state index is 11.2. The van der Waals surface area contributed by atoms with Crippen molar-refractivity contribution in [2.75, 3.05) is 12.3 Å². The fraction of sp³-hybridized carbons (Fsp3) is 0.500. The standard InChI is InChI=1S/C6H10N4O3/c1-3(11)2-8-6(12)4-5(7)10-13-9-4/h3,11H,2H2,1H3,(H2,7,10)(H,8,12)/t3-/m1/s1. The first-order valence-corrected chi connectivity index (χ1v) is 3.65. The zero-order chi connectivity index (χ0) is 9.84. The Balaban J connectivity index is 2.54. The summed E-state index contributed by atoms with van der Waals surface area (Å²) in [7, 11) is 0. The molecule has 72 valence electrons. The fourth-order valence-corrected chi connectivity index (χ4v) is 0.677. The molecule has 0 spiro atoms. The van der Waals surface area contributed by atoms with E-state index in [4.69, 9.17) is 10.8 Å². The molecule has 0 fully saturated rings. The summed E-state index contributed by atoms with van der Waals surface area (Å²) in [5.74, 6) is -0.581. The smallest absolute Gasteiger partial charge is 0.277 e. The quantitative estimate of drug-likeness (QED) is 0.544. The molecule has 0 unspecified atom stereocenters. The third-order valence-electron chi connectivity index (χ3n) is 1.29. The van der Waals surface area contributed by atoms with Crippen molar-refractivity contribution in [3.05, 3.63) is 5.69 Å². The van der Waals surface area contributed by atoms with Crippen LogP contribution in [0.1, 0.15) is 17.4 Å². The van der Waals surface area contributed by atoms with Crippen molar-refractivity contribution in [1.82, 2.24) is 15.6 Å². The zero-order valence-electron chi connectivity index (χ0n) is 7.02. The van der Waals surface area contributed by atoms with E-state index < -0.39 is 12.0 Å². The molecule has 0 saturated heterocycles. The van der Waals surface area contributed by atoms with Crippen LogP contribution in [0.5, 0.6) is 0 Å². The molecule has 7 heteroatoms. The number of anilines is 1. The third-order valence-corrected chi connectivity index (χ3v) is 1.29. The second-order valence-electron chi connectivity index (χ2n) is 2.56. The highest BCUT2D eigenvalue weighted by Crippen LogP contribution is 2.02. The van der Waals surface area contributed by atoms with Crippen LogP contribution in [-0.4, -0.2) is 34.0 Å². The number of aromatic nitrogens is 2. The molecule has 4 N–H and O–H groups in total. The van der Waals surface area contributed by atoms with E-state index in [1.807, 2.05) is 0 Å². The number of hydrogen-bond acceptors (Lipinski definition) is 6. The van der Waals surface area contributed by atoms with Crippen LogP contribution in [-0.2, 0) is 0 Å². The summed E-state index contributed by atoms with van der Waals surface area (Å²) in [6.45, 7) is 1.68. The van der Waals surface area contributed by atoms with Crippen LogP contribution in [0.3, 0.4) is 0 Å². The zero-order valence-corrected chi connectivity index (χ0v) is 7.02. The van der Waals surface area contributed by atoms with Crippen molar-refractivity contribution >= 4 is 11.7 Å². The Morgan fingerprint density at radius 2 is 2.46 bits per heavy atom. The second-order valence-corrected chi connectivity index (χ2v) is 2.56. The van der Waals surface area contributed by atoms with Gasteiger partial charge in [-0.3, -0.25) is 4.79 Å². The van der Waals surface area contributed by atoms with Crippen molar-refractivity contribution in [2.45, 2.75) is 13.0 Å². The summed E-state index contributed by atoms with van der Waals surface area (Å²) in [5.41, 5.74) is 5.19. The van der Waals surface area contributed by atoms with E-state index in [2.05, 4.69) is 20.3 Å². The molecule has 0 aliphatic carbocycles. The predicted molar refractivity (Wildman–Crippen MR) is 42.7 cm³/mol. The highest BCUT2D eigenvalue weighted by molar-refractivity contribution is 5.95. The minimum absolute atomic E-state index is 0.0666. The van der Waals surface area contributed by atoms with Crippen molar-refractivity contribution in [3.8, 4) is 0 Å². The molecule has 1 aromatic rings. The molecule has 0 saturated carbocycles. The van der Waals surface area contributed by atoms with E-state index in [1.54, 1.807) is 6.92 Å². The number of nitrogens with zero attached hydrogens (tertiary/aromatic N) is 2. The summed E-state index contributed by atoms with van der Waals surface area (Å²) in [4.78, 5) is 11.2. The number of aliphatic hydroxyl groups is 1. The Morgan fingerprint density at radius 1 is 1.77 bits per heavy atom. The van der Waals surface area contributed by atoms with E-state index in [0.717, 1.165) is 0 Å². The average Bonchev–Trinajstić information content (AvgIpc) is 2.47. The number of rotatable bonds is 3. The van der Waals surface area contributed by atoms with Gasteiger partial charge in [-0.25, -0.2) is 4.63 Å². The van der Waals surface area contributed by atoms with Gasteiger partial charge in [0.05, 0.1) is 6.10 Å². The van der Waals surface area contributed by atoms with Crippen molar-refractivity contribution in [1.29, 1.82) is 0 Å². The summed E-state index contributed by atoms with van der Waals surface area (Å²) in [6.07, 6.45) is -0.620. The minimum Gasteiger partial charge on any atom is -0.392 e. The van der Waals surface area contributed by atoms with Gasteiger partial charge in [-0.15, -0.1) is 0 Å². The Morgan fingerprint density at radius 3 is 2.92 bits per heavy atom. The molecule has 1 aromatic heterocycles. The lowest BCUT2D eigenvalue weighted by atomic mass is 10.3. The predicted octanol–water partition coefficient (Wildman–Crippen LogP) is -1.24. The van der Waals surface area contributed by atoms with Gasteiger partial charge < -0.3 is 16.2 Å². The van der Waals surface area contributed by atoms with Crippen LogP contribution in [0.25, 0.3) is 0 Å². The molecule has 1 heterocycles. The Hall–Kier alpha value is -1.63. The van der Waals surface area contributed by atoms with Gasteiger partial charge in [0, 0.05) is 6.54 Å². The van der Waals surface area contributed by atoms with Crippen molar-refractivity contribution in [2.24, 2.45) is 0 Å². The Bertz CT molecular complexity index is 296. The van der Waals surface area contributed by atoms with Crippen LogP contribution in [0.2, 0.25) is 0 Å². The number of nitrogen functional groups attached to an aromatic ring is 1. The monoisotopic (exact) mass is 186 g/mol. The molecule has 0 aliphatic heterocycles. The lowest BCUT2D eigenvalue weighted by molar-refractivity contribution is 0.0915. The summed E-state index contributed by atoms with van der Waals surface area (Å²) in [5, 5.41) is 17.8. The first-order chi connectivity index (χ1) is 6.11. The largest absolute Gasteiger partial charge is 0.392 e. The minimum atomic E-state index is -0.620. The van der Waals surface area contributed by atoms with E-state index in [9.17, 15) is 4.79 Å². The van der Waals surface area contributed by atoms with Gasteiger partial charge in [-0.1, -0.05) is 0 Å². The van der Waals surface area contributed by atoms with Crippen LogP contribution >= 0.6 is 0 Å². The lowest BCUT2D eigenvalue weighted by Crippen LogP contribution is -2.31. The fourth-order valence-electron chi connectivity index (χ4n) is 0.677. The van der Waals surface area contributed by atoms with E-state index >= 15 is 0 Å². The summed E-state index contributed by atoms with van der Waals surface area (Å²) < 4.78 is 4.22. The Kier molecular flexibility index (Phi) is 2.80. The molecule has 13 heavy (non-hydrogen) atoms. The topological polar surface area (TPSA) is 114 Å². The number of carbonyl (C=O) groups excluding carboxylic acids is 1. The van der Waals surface area contributed by atoms with E-state index in [0.29, 0.717) is 0 Å². The SMILES string of the molecule is C[C@@H](O)CNC(=O)c1nonc1N. The molecular formula is C6H10N4O3.